The summed E-state index contributed by atoms with van der Waals surface area (Å²) in [7, 11) is -3.74. The minimum atomic E-state index is -3.74. The fourth-order valence-electron chi connectivity index (χ4n) is 6.00. The smallest absolute Gasteiger partial charge is 0.292 e. The van der Waals surface area contributed by atoms with Crippen LogP contribution < -0.4 is 5.73 Å². The lowest BCUT2D eigenvalue weighted by atomic mass is 9.87. The van der Waals surface area contributed by atoms with Gasteiger partial charge in [-0.25, -0.2) is 23.4 Å². The maximum Gasteiger partial charge on any atom is 0.292 e. The molecule has 3 N–H and O–H groups in total. The van der Waals surface area contributed by atoms with Crippen molar-refractivity contribution in [1.82, 2.24) is 49.0 Å². The van der Waals surface area contributed by atoms with Gasteiger partial charge in [-0.1, -0.05) is 0 Å². The first-order valence-electron chi connectivity index (χ1n) is 12.1. The van der Waals surface area contributed by atoms with Gasteiger partial charge in [0.25, 0.3) is 5.91 Å². The second-order valence-corrected chi connectivity index (χ2v) is 11.8. The van der Waals surface area contributed by atoms with Crippen LogP contribution in [0.2, 0.25) is 0 Å². The molecule has 2 atom stereocenters. The van der Waals surface area contributed by atoms with Crippen molar-refractivity contribution < 1.29 is 13.2 Å². The van der Waals surface area contributed by atoms with Crippen LogP contribution >= 0.6 is 0 Å². The zero-order chi connectivity index (χ0) is 26.2. The van der Waals surface area contributed by atoms with Crippen molar-refractivity contribution in [1.29, 1.82) is 0 Å². The number of piperidine rings is 1. The van der Waals surface area contributed by atoms with Crippen molar-refractivity contribution in [2.75, 3.05) is 12.0 Å². The average molecular weight is 534 g/mol. The number of sulfone groups is 1. The molecule has 15 heteroatoms. The Hall–Kier alpha value is -4.40. The van der Waals surface area contributed by atoms with Crippen LogP contribution in [0.3, 0.4) is 0 Å². The van der Waals surface area contributed by atoms with Crippen LogP contribution in [0.4, 0.5) is 5.82 Å². The summed E-state index contributed by atoms with van der Waals surface area (Å²) in [5, 5.41) is 12.0. The monoisotopic (exact) mass is 533 g/mol. The molecule has 2 aliphatic rings. The summed E-state index contributed by atoms with van der Waals surface area (Å²) in [6, 6.07) is -0.138. The van der Waals surface area contributed by atoms with E-state index >= 15 is 0 Å². The Bertz CT molecular complexity index is 1810. The number of carbonyl (C=O) groups is 1. The van der Waals surface area contributed by atoms with E-state index in [0.29, 0.717) is 35.5 Å². The number of hydrogen-bond acceptors (Lipinski definition) is 10. The average Bonchev–Trinajstić information content (AvgIpc) is 3.68. The molecule has 1 amide bonds. The fourth-order valence-corrected chi connectivity index (χ4v) is 7.06. The van der Waals surface area contributed by atoms with Gasteiger partial charge in [0.05, 0.1) is 11.9 Å². The van der Waals surface area contributed by atoms with Gasteiger partial charge >= 0.3 is 0 Å². The third-order valence-electron chi connectivity index (χ3n) is 7.56. The predicted octanol–water partition coefficient (Wildman–Crippen LogP) is 1.09. The van der Waals surface area contributed by atoms with Gasteiger partial charge in [-0.05, 0) is 25.7 Å². The number of fused-ring (bicyclic) bond motifs is 4. The van der Waals surface area contributed by atoms with Crippen molar-refractivity contribution in [3.05, 3.63) is 48.8 Å². The molecule has 7 rings (SSSR count). The molecule has 0 spiro atoms. The van der Waals surface area contributed by atoms with E-state index in [1.165, 1.54) is 10.8 Å². The number of aromatic amines is 1. The van der Waals surface area contributed by atoms with Gasteiger partial charge < -0.3 is 15.6 Å². The summed E-state index contributed by atoms with van der Waals surface area (Å²) in [6.45, 7) is 0. The Morgan fingerprint density at radius 1 is 1.16 bits per heavy atom. The molecule has 5 aromatic rings. The van der Waals surface area contributed by atoms with Gasteiger partial charge in [-0.3, -0.25) is 9.20 Å². The minimum absolute atomic E-state index is 0.0118. The molecule has 0 radical (unpaired) electrons. The summed E-state index contributed by atoms with van der Waals surface area (Å²) in [5.41, 5.74) is 8.74. The first-order chi connectivity index (χ1) is 18.3. The van der Waals surface area contributed by atoms with E-state index in [2.05, 4.69) is 30.2 Å². The number of hydrogen-bond donors (Lipinski definition) is 2. The number of nitrogen functional groups attached to an aromatic ring is 1. The number of anilines is 1. The standard InChI is InChI=1S/C23H23N11O3S/c1-38(36,37)18-17(12-6-14-2-3-15(7-12)33(14)22(35)20-27-11-28-31-20)30-21-16(9-29-34(21)19(18)24)13-8-26-23-25-4-5-32(23)10-13/h4-5,8-12,14-15H,2-3,6-7,24H2,1H3,(H,27,28,31). The lowest BCUT2D eigenvalue weighted by Crippen LogP contribution is -2.46. The molecule has 0 aliphatic carbocycles. The molecular formula is C23H23N11O3S. The van der Waals surface area contributed by atoms with E-state index in [1.807, 2.05) is 11.1 Å². The van der Waals surface area contributed by atoms with Gasteiger partial charge in [-0.15, -0.1) is 10.2 Å². The highest BCUT2D eigenvalue weighted by Gasteiger charge is 2.46. The molecule has 2 bridgehead atoms. The fraction of sp³-hybridized carbons (Fsp3) is 0.348. The lowest BCUT2D eigenvalue weighted by molar-refractivity contribution is 0.0556. The molecule has 7 heterocycles. The number of aromatic nitrogens is 9. The first-order valence-corrected chi connectivity index (χ1v) is 14.0. The van der Waals surface area contributed by atoms with Gasteiger partial charge in [0.2, 0.25) is 11.6 Å². The number of imidazole rings is 1. The number of H-pyrrole nitrogens is 1. The third-order valence-corrected chi connectivity index (χ3v) is 8.72. The highest BCUT2D eigenvalue weighted by Crippen LogP contribution is 2.45. The van der Waals surface area contributed by atoms with E-state index in [0.717, 1.165) is 24.7 Å². The van der Waals surface area contributed by atoms with E-state index in [1.54, 1.807) is 29.2 Å². The molecule has 5 aromatic heterocycles. The normalized spacial score (nSPS) is 21.5. The Labute approximate surface area is 215 Å². The maximum absolute atomic E-state index is 13.1. The molecule has 2 saturated heterocycles. The molecule has 0 saturated carbocycles. The molecule has 194 valence electrons. The number of carbonyl (C=O) groups excluding carboxylic acids is 1. The molecule has 2 aliphatic heterocycles. The molecule has 2 fully saturated rings. The van der Waals surface area contributed by atoms with Crippen molar-refractivity contribution in [2.24, 2.45) is 0 Å². The number of nitrogens with one attached hydrogen (secondary N) is 1. The van der Waals surface area contributed by atoms with Gasteiger partial charge in [0, 0.05) is 60.2 Å². The highest BCUT2D eigenvalue weighted by molar-refractivity contribution is 7.91. The number of nitrogens with zero attached hydrogens (tertiary/aromatic N) is 9. The summed E-state index contributed by atoms with van der Waals surface area (Å²) in [4.78, 5) is 31.2. The van der Waals surface area contributed by atoms with E-state index in [4.69, 9.17) is 10.7 Å². The Kier molecular flexibility index (Phi) is 4.82. The molecular weight excluding hydrogens is 510 g/mol. The van der Waals surface area contributed by atoms with Crippen LogP contribution in [0.15, 0.2) is 42.2 Å². The van der Waals surface area contributed by atoms with Gasteiger partial charge in [-0.2, -0.15) is 9.61 Å². The van der Waals surface area contributed by atoms with Crippen LogP contribution in [-0.2, 0) is 9.84 Å². The second kappa shape index (κ2) is 8.05. The topological polar surface area (TPSA) is 182 Å². The van der Waals surface area contributed by atoms with Crippen LogP contribution in [0, 0.1) is 0 Å². The molecule has 2 unspecified atom stereocenters. The van der Waals surface area contributed by atoms with Crippen LogP contribution in [-0.4, -0.2) is 81.7 Å². The van der Waals surface area contributed by atoms with E-state index in [-0.39, 0.29) is 40.4 Å². The van der Waals surface area contributed by atoms with Crippen LogP contribution in [0.25, 0.3) is 22.6 Å². The Balaban J connectivity index is 1.33. The van der Waals surface area contributed by atoms with Gasteiger partial charge in [0.15, 0.2) is 15.5 Å². The summed E-state index contributed by atoms with van der Waals surface area (Å²) < 4.78 is 29.1. The first kappa shape index (κ1) is 22.8. The second-order valence-electron chi connectivity index (χ2n) is 9.86. The SMILES string of the molecule is CS(=O)(=O)c1c(C2CC3CCC(C2)N3C(=O)c2nnc[nH]2)nc2c(-c3cnc4nccn4c3)cnn2c1N. The van der Waals surface area contributed by atoms with E-state index < -0.39 is 9.84 Å². The molecule has 0 aromatic carbocycles. The quantitative estimate of drug-likeness (QED) is 0.339. The third kappa shape index (κ3) is 3.38. The molecule has 14 nitrogen and oxygen atoms in total. The largest absolute Gasteiger partial charge is 0.382 e. The highest BCUT2D eigenvalue weighted by atomic mass is 32.2. The minimum Gasteiger partial charge on any atom is -0.382 e. The summed E-state index contributed by atoms with van der Waals surface area (Å²) >= 11 is 0. The van der Waals surface area contributed by atoms with Crippen molar-refractivity contribution in [3.63, 3.8) is 0 Å². The summed E-state index contributed by atoms with van der Waals surface area (Å²) in [6.07, 6.45) is 13.9. The zero-order valence-electron chi connectivity index (χ0n) is 20.3. The number of nitrogens with two attached hydrogens (primary N) is 1. The number of rotatable bonds is 4. The summed E-state index contributed by atoms with van der Waals surface area (Å²) in [5.74, 6) is 0.372. The maximum atomic E-state index is 13.1. The van der Waals surface area contributed by atoms with Gasteiger partial charge in [0.1, 0.15) is 17.0 Å². The van der Waals surface area contributed by atoms with Crippen molar-refractivity contribution >= 4 is 33.0 Å². The Morgan fingerprint density at radius 3 is 2.66 bits per heavy atom. The van der Waals surface area contributed by atoms with Crippen molar-refractivity contribution in [2.45, 2.75) is 48.6 Å². The Morgan fingerprint density at radius 2 is 1.95 bits per heavy atom. The van der Waals surface area contributed by atoms with E-state index in [9.17, 15) is 13.2 Å². The molecule has 38 heavy (non-hydrogen) atoms. The van der Waals surface area contributed by atoms with Crippen LogP contribution in [0.5, 0.6) is 0 Å². The predicted molar refractivity (Wildman–Crippen MR) is 134 cm³/mol. The van der Waals surface area contributed by atoms with Crippen molar-refractivity contribution in [3.8, 4) is 11.1 Å². The zero-order valence-corrected chi connectivity index (χ0v) is 21.1. The van der Waals surface area contributed by atoms with Crippen LogP contribution in [0.1, 0.15) is 47.9 Å². The lowest BCUT2D eigenvalue weighted by Gasteiger charge is -2.38. The number of amides is 1.